The summed E-state index contributed by atoms with van der Waals surface area (Å²) >= 11 is 0. The van der Waals surface area contributed by atoms with Crippen molar-refractivity contribution in [1.29, 1.82) is 0 Å². The Morgan fingerprint density at radius 2 is 2.00 bits per heavy atom. The molecule has 0 aliphatic heterocycles. The normalized spacial score (nSPS) is 13.8. The maximum atomic E-state index is 12.4. The average Bonchev–Trinajstić information content (AvgIpc) is 3.31. The highest BCUT2D eigenvalue weighted by molar-refractivity contribution is 5.87. The minimum Gasteiger partial charge on any atom is -0.477 e. The Bertz CT molecular complexity index is 836. The first-order valence-corrected chi connectivity index (χ1v) is 6.72. The molecule has 3 rings (SSSR count). The molecule has 1 saturated carbocycles. The molecule has 1 aromatic carbocycles. The largest absolute Gasteiger partial charge is 0.477 e. The Labute approximate surface area is 124 Å². The summed E-state index contributed by atoms with van der Waals surface area (Å²) in [5, 5.41) is 20.0. The third-order valence-electron chi connectivity index (χ3n) is 3.61. The number of hydrogen-bond donors (Lipinski definition) is 1. The molecule has 7 heteroatoms. The van der Waals surface area contributed by atoms with E-state index in [9.17, 15) is 19.7 Å². The molecule has 0 unspecified atom stereocenters. The van der Waals surface area contributed by atoms with Crippen LogP contribution < -0.4 is 5.56 Å². The Kier molecular flexibility index (Phi) is 3.25. The number of carboxylic acid groups (broad SMARTS) is 1. The van der Waals surface area contributed by atoms with Crippen molar-refractivity contribution in [2.75, 3.05) is 0 Å². The summed E-state index contributed by atoms with van der Waals surface area (Å²) in [6, 6.07) is 8.70. The minimum atomic E-state index is -1.27. The van der Waals surface area contributed by atoms with E-state index in [1.54, 1.807) is 12.1 Å². The lowest BCUT2D eigenvalue weighted by atomic mass is 10.1. The molecule has 0 saturated heterocycles. The average molecular weight is 300 g/mol. The van der Waals surface area contributed by atoms with Crippen molar-refractivity contribution in [3.05, 3.63) is 62.4 Å². The van der Waals surface area contributed by atoms with E-state index in [0.29, 0.717) is 11.3 Å². The Morgan fingerprint density at radius 3 is 2.59 bits per heavy atom. The molecule has 1 N–H and O–H groups in total. The zero-order valence-corrected chi connectivity index (χ0v) is 11.4. The third kappa shape index (κ3) is 2.37. The summed E-state index contributed by atoms with van der Waals surface area (Å²) in [4.78, 5) is 33.8. The van der Waals surface area contributed by atoms with E-state index in [0.717, 1.165) is 12.8 Å². The zero-order valence-electron chi connectivity index (χ0n) is 11.4. The summed E-state index contributed by atoms with van der Waals surface area (Å²) in [5.74, 6) is -1.27. The van der Waals surface area contributed by atoms with Gasteiger partial charge >= 0.3 is 5.97 Å². The van der Waals surface area contributed by atoms with Crippen molar-refractivity contribution in [2.24, 2.45) is 0 Å². The number of nitro benzene ring substituents is 1. The molecule has 1 aromatic heterocycles. The van der Waals surface area contributed by atoms with Gasteiger partial charge in [-0.15, -0.1) is 0 Å². The number of nitrogens with zero attached hydrogens (tertiary/aromatic N) is 2. The lowest BCUT2D eigenvalue weighted by Gasteiger charge is -2.13. The topological polar surface area (TPSA) is 102 Å². The van der Waals surface area contributed by atoms with Gasteiger partial charge in [0.05, 0.1) is 10.6 Å². The maximum absolute atomic E-state index is 12.4. The van der Waals surface area contributed by atoms with Crippen molar-refractivity contribution in [2.45, 2.75) is 18.9 Å². The number of hydrogen-bond acceptors (Lipinski definition) is 4. The van der Waals surface area contributed by atoms with Crippen molar-refractivity contribution in [3.8, 4) is 11.3 Å². The Balaban J connectivity index is 2.21. The molecule has 0 radical (unpaired) electrons. The van der Waals surface area contributed by atoms with E-state index < -0.39 is 16.5 Å². The predicted molar refractivity (Wildman–Crippen MR) is 78.0 cm³/mol. The Morgan fingerprint density at radius 1 is 1.27 bits per heavy atom. The van der Waals surface area contributed by atoms with Crippen LogP contribution in [0, 0.1) is 10.1 Å². The third-order valence-corrected chi connectivity index (χ3v) is 3.61. The van der Waals surface area contributed by atoms with Crippen molar-refractivity contribution in [1.82, 2.24) is 4.57 Å². The van der Waals surface area contributed by atoms with Crippen molar-refractivity contribution in [3.63, 3.8) is 0 Å². The number of aromatic carboxylic acids is 1. The van der Waals surface area contributed by atoms with E-state index in [2.05, 4.69) is 0 Å². The van der Waals surface area contributed by atoms with Crippen LogP contribution in [0.15, 0.2) is 41.2 Å². The first-order valence-electron chi connectivity index (χ1n) is 6.72. The highest BCUT2D eigenvalue weighted by Gasteiger charge is 2.29. The van der Waals surface area contributed by atoms with Crippen LogP contribution in [0.25, 0.3) is 11.3 Å². The van der Waals surface area contributed by atoms with Gasteiger partial charge in [-0.05, 0) is 25.0 Å². The van der Waals surface area contributed by atoms with Crippen LogP contribution in [-0.4, -0.2) is 20.6 Å². The molecule has 0 bridgehead atoms. The molecule has 2 aromatic rings. The van der Waals surface area contributed by atoms with E-state index in [1.165, 1.54) is 28.8 Å². The van der Waals surface area contributed by atoms with Gasteiger partial charge in [0.1, 0.15) is 5.56 Å². The number of rotatable bonds is 4. The number of nitro groups is 1. The van der Waals surface area contributed by atoms with E-state index in [-0.39, 0.29) is 17.3 Å². The Hall–Kier alpha value is -2.96. The highest BCUT2D eigenvalue weighted by Crippen LogP contribution is 2.37. The monoisotopic (exact) mass is 300 g/mol. The summed E-state index contributed by atoms with van der Waals surface area (Å²) in [6.45, 7) is 0. The van der Waals surface area contributed by atoms with Gasteiger partial charge in [0.15, 0.2) is 0 Å². The van der Waals surface area contributed by atoms with Crippen LogP contribution in [0.2, 0.25) is 0 Å². The predicted octanol–water partition coefficient (Wildman–Crippen LogP) is 2.46. The fraction of sp³-hybridized carbons (Fsp3) is 0.200. The molecule has 0 amide bonds. The second-order valence-corrected chi connectivity index (χ2v) is 5.15. The minimum absolute atomic E-state index is 0.0407. The standard InChI is InChI=1S/C15H12N2O5/c18-14-12(15(19)20)6-7-13(16(14)10-4-5-10)9-2-1-3-11(8-9)17(21)22/h1-3,6-8,10H,4-5H2,(H,19,20). The van der Waals surface area contributed by atoms with Crippen LogP contribution in [-0.2, 0) is 0 Å². The van der Waals surface area contributed by atoms with Gasteiger partial charge in [0, 0.05) is 23.7 Å². The molecule has 7 nitrogen and oxygen atoms in total. The van der Waals surface area contributed by atoms with Gasteiger partial charge in [0.25, 0.3) is 11.2 Å². The SMILES string of the molecule is O=C(O)c1ccc(-c2cccc([N+](=O)[O-])c2)n(C2CC2)c1=O. The van der Waals surface area contributed by atoms with Gasteiger partial charge in [-0.3, -0.25) is 14.9 Å². The quantitative estimate of drug-likeness (QED) is 0.690. The first kappa shape index (κ1) is 14.0. The molecule has 0 spiro atoms. The number of carboxylic acids is 1. The zero-order chi connectivity index (χ0) is 15.9. The number of aromatic nitrogens is 1. The van der Waals surface area contributed by atoms with Gasteiger partial charge in [-0.1, -0.05) is 12.1 Å². The van der Waals surface area contributed by atoms with E-state index >= 15 is 0 Å². The van der Waals surface area contributed by atoms with Crippen LogP contribution in [0.3, 0.4) is 0 Å². The molecule has 1 aliphatic rings. The summed E-state index contributed by atoms with van der Waals surface area (Å²) in [7, 11) is 0. The summed E-state index contributed by atoms with van der Waals surface area (Å²) < 4.78 is 1.43. The fourth-order valence-corrected chi connectivity index (χ4v) is 2.43. The van der Waals surface area contributed by atoms with Crippen LogP contribution in [0.1, 0.15) is 29.2 Å². The van der Waals surface area contributed by atoms with Crippen molar-refractivity contribution < 1.29 is 14.8 Å². The molecule has 1 heterocycles. The number of non-ortho nitro benzene ring substituents is 1. The number of benzene rings is 1. The first-order chi connectivity index (χ1) is 10.5. The number of pyridine rings is 1. The maximum Gasteiger partial charge on any atom is 0.341 e. The molecule has 22 heavy (non-hydrogen) atoms. The van der Waals surface area contributed by atoms with Gasteiger partial charge < -0.3 is 9.67 Å². The van der Waals surface area contributed by atoms with Gasteiger partial charge in [0.2, 0.25) is 0 Å². The van der Waals surface area contributed by atoms with Crippen LogP contribution >= 0.6 is 0 Å². The second-order valence-electron chi connectivity index (χ2n) is 5.15. The lowest BCUT2D eigenvalue weighted by molar-refractivity contribution is -0.384. The molecule has 1 fully saturated rings. The lowest BCUT2D eigenvalue weighted by Crippen LogP contribution is -2.26. The van der Waals surface area contributed by atoms with E-state index in [1.807, 2.05) is 0 Å². The second kappa shape index (κ2) is 5.10. The smallest absolute Gasteiger partial charge is 0.341 e. The van der Waals surface area contributed by atoms with E-state index in [4.69, 9.17) is 5.11 Å². The van der Waals surface area contributed by atoms with Gasteiger partial charge in [-0.25, -0.2) is 4.79 Å². The number of carbonyl (C=O) groups is 1. The molecule has 112 valence electrons. The fourth-order valence-electron chi connectivity index (χ4n) is 2.43. The molecule has 1 aliphatic carbocycles. The molecular weight excluding hydrogens is 288 g/mol. The summed E-state index contributed by atoms with van der Waals surface area (Å²) in [6.07, 6.45) is 1.59. The van der Waals surface area contributed by atoms with Gasteiger partial charge in [-0.2, -0.15) is 0 Å². The molecular formula is C15H12N2O5. The molecule has 0 atom stereocenters. The van der Waals surface area contributed by atoms with Crippen LogP contribution in [0.4, 0.5) is 5.69 Å². The van der Waals surface area contributed by atoms with Crippen LogP contribution in [0.5, 0.6) is 0 Å². The van der Waals surface area contributed by atoms with Crippen molar-refractivity contribution >= 4 is 11.7 Å². The highest BCUT2D eigenvalue weighted by atomic mass is 16.6. The summed E-state index contributed by atoms with van der Waals surface area (Å²) in [5.41, 5.74) is 0.0889.